The summed E-state index contributed by atoms with van der Waals surface area (Å²) >= 11 is 0. The Hall–Kier alpha value is -1.37. The zero-order valence-corrected chi connectivity index (χ0v) is 10.7. The van der Waals surface area contributed by atoms with Gasteiger partial charge in [0, 0.05) is 37.1 Å². The van der Waals surface area contributed by atoms with Crippen LogP contribution in [-0.2, 0) is 6.54 Å². The van der Waals surface area contributed by atoms with E-state index in [4.69, 9.17) is 0 Å². The molecule has 7 heteroatoms. The Morgan fingerprint density at radius 3 is 2.42 bits per heavy atom. The summed E-state index contributed by atoms with van der Waals surface area (Å²) < 4.78 is 37.1. The topological polar surface area (TPSA) is 41.1 Å². The molecule has 0 aromatic carbocycles. The summed E-state index contributed by atoms with van der Waals surface area (Å²) in [6.07, 6.45) is 1.29. The molecule has 0 atom stereocenters. The minimum Gasteiger partial charge on any atom is -0.332 e. The van der Waals surface area contributed by atoms with Gasteiger partial charge in [-0.3, -0.25) is 0 Å². The minimum absolute atomic E-state index is 0.120. The lowest BCUT2D eigenvalue weighted by atomic mass is 10.3. The van der Waals surface area contributed by atoms with Crippen molar-refractivity contribution < 1.29 is 13.2 Å². The average Bonchev–Trinajstić information content (AvgIpc) is 3.17. The van der Waals surface area contributed by atoms with Gasteiger partial charge < -0.3 is 10.2 Å². The highest BCUT2D eigenvalue weighted by atomic mass is 19.4. The Bertz CT molecular complexity index is 400. The van der Waals surface area contributed by atoms with Crippen LogP contribution in [0.3, 0.4) is 0 Å². The summed E-state index contributed by atoms with van der Waals surface area (Å²) in [5.74, 6) is 0.120. The van der Waals surface area contributed by atoms with E-state index in [0.29, 0.717) is 12.6 Å². The van der Waals surface area contributed by atoms with Crippen molar-refractivity contribution in [2.75, 3.05) is 18.0 Å². The van der Waals surface area contributed by atoms with Crippen molar-refractivity contribution in [1.82, 2.24) is 15.3 Å². The van der Waals surface area contributed by atoms with E-state index in [0.717, 1.165) is 10.5 Å². The van der Waals surface area contributed by atoms with E-state index in [1.165, 1.54) is 12.8 Å². The van der Waals surface area contributed by atoms with Crippen molar-refractivity contribution in [3.8, 4) is 0 Å². The van der Waals surface area contributed by atoms with E-state index in [2.05, 4.69) is 15.3 Å². The number of hydrogen-bond acceptors (Lipinski definition) is 4. The fraction of sp³-hybridized carbons (Fsp3) is 0.667. The third kappa shape index (κ3) is 4.66. The van der Waals surface area contributed by atoms with Crippen molar-refractivity contribution in [2.45, 2.75) is 38.5 Å². The summed E-state index contributed by atoms with van der Waals surface area (Å²) in [5.41, 5.74) is 0.888. The SMILES string of the molecule is CCN(CC(F)(F)F)c1ncc(CNC2CC2)cn1. The fourth-order valence-electron chi connectivity index (χ4n) is 1.69. The van der Waals surface area contributed by atoms with Gasteiger partial charge in [-0.2, -0.15) is 13.2 Å². The Balaban J connectivity index is 1.94. The molecule has 0 spiro atoms. The number of nitrogens with one attached hydrogen (secondary N) is 1. The maximum Gasteiger partial charge on any atom is 0.406 e. The van der Waals surface area contributed by atoms with Crippen molar-refractivity contribution in [2.24, 2.45) is 0 Å². The lowest BCUT2D eigenvalue weighted by molar-refractivity contribution is -0.119. The summed E-state index contributed by atoms with van der Waals surface area (Å²) in [7, 11) is 0. The minimum atomic E-state index is -4.24. The molecule has 106 valence electrons. The number of aromatic nitrogens is 2. The first kappa shape index (κ1) is 14.0. The van der Waals surface area contributed by atoms with Gasteiger partial charge in [0.25, 0.3) is 0 Å². The van der Waals surface area contributed by atoms with Gasteiger partial charge >= 0.3 is 6.18 Å². The van der Waals surface area contributed by atoms with Crippen LogP contribution in [0.15, 0.2) is 12.4 Å². The highest BCUT2D eigenvalue weighted by Gasteiger charge is 2.31. The quantitative estimate of drug-likeness (QED) is 0.862. The number of rotatable bonds is 6. The molecule has 0 radical (unpaired) electrons. The summed E-state index contributed by atoms with van der Waals surface area (Å²) in [4.78, 5) is 9.12. The maximum absolute atomic E-state index is 12.4. The van der Waals surface area contributed by atoms with Crippen LogP contribution in [0.5, 0.6) is 0 Å². The van der Waals surface area contributed by atoms with Crippen molar-refractivity contribution in [3.05, 3.63) is 18.0 Å². The van der Waals surface area contributed by atoms with Gasteiger partial charge in [0.05, 0.1) is 0 Å². The smallest absolute Gasteiger partial charge is 0.332 e. The Labute approximate surface area is 110 Å². The molecule has 1 aromatic heterocycles. The van der Waals surface area contributed by atoms with Gasteiger partial charge in [-0.1, -0.05) is 0 Å². The van der Waals surface area contributed by atoms with Crippen LogP contribution in [0.1, 0.15) is 25.3 Å². The second kappa shape index (κ2) is 5.73. The molecule has 1 saturated carbocycles. The molecule has 1 N–H and O–H groups in total. The third-order valence-corrected chi connectivity index (χ3v) is 2.90. The van der Waals surface area contributed by atoms with Gasteiger partial charge in [-0.25, -0.2) is 9.97 Å². The number of hydrogen-bond donors (Lipinski definition) is 1. The van der Waals surface area contributed by atoms with Crippen molar-refractivity contribution >= 4 is 5.95 Å². The maximum atomic E-state index is 12.4. The molecule has 2 rings (SSSR count). The second-order valence-electron chi connectivity index (χ2n) is 4.68. The highest BCUT2D eigenvalue weighted by Crippen LogP contribution is 2.20. The van der Waals surface area contributed by atoms with Crippen molar-refractivity contribution in [3.63, 3.8) is 0 Å². The number of alkyl halides is 3. The molecule has 1 heterocycles. The molecule has 0 unspecified atom stereocenters. The van der Waals surface area contributed by atoms with E-state index < -0.39 is 12.7 Å². The highest BCUT2D eigenvalue weighted by molar-refractivity contribution is 5.29. The first-order valence-electron chi connectivity index (χ1n) is 6.34. The Morgan fingerprint density at radius 2 is 1.95 bits per heavy atom. The van der Waals surface area contributed by atoms with Gasteiger partial charge in [0.2, 0.25) is 5.95 Å². The van der Waals surface area contributed by atoms with E-state index in [9.17, 15) is 13.2 Å². The van der Waals surface area contributed by atoms with Gasteiger partial charge in [-0.15, -0.1) is 0 Å². The average molecular weight is 274 g/mol. The van der Waals surface area contributed by atoms with E-state index in [1.807, 2.05) is 0 Å². The second-order valence-corrected chi connectivity index (χ2v) is 4.68. The van der Waals surface area contributed by atoms with Crippen molar-refractivity contribution in [1.29, 1.82) is 0 Å². The number of nitrogens with zero attached hydrogens (tertiary/aromatic N) is 3. The number of anilines is 1. The molecule has 0 amide bonds. The van der Waals surface area contributed by atoms with Gasteiger partial charge in [0.15, 0.2) is 0 Å². The van der Waals surface area contributed by atoms with Gasteiger partial charge in [0.1, 0.15) is 6.54 Å². The lowest BCUT2D eigenvalue weighted by Crippen LogP contribution is -2.35. The van der Waals surface area contributed by atoms with E-state index >= 15 is 0 Å². The van der Waals surface area contributed by atoms with Crippen LogP contribution in [0.25, 0.3) is 0 Å². The molecule has 0 bridgehead atoms. The van der Waals surface area contributed by atoms with Crippen LogP contribution in [-0.4, -0.2) is 35.3 Å². The zero-order chi connectivity index (χ0) is 13.9. The van der Waals surface area contributed by atoms with Crippen LogP contribution in [0.4, 0.5) is 19.1 Å². The molecule has 0 saturated heterocycles. The largest absolute Gasteiger partial charge is 0.406 e. The van der Waals surface area contributed by atoms with Crippen LogP contribution >= 0.6 is 0 Å². The molecule has 19 heavy (non-hydrogen) atoms. The van der Waals surface area contributed by atoms with E-state index in [1.54, 1.807) is 19.3 Å². The van der Waals surface area contributed by atoms with Gasteiger partial charge in [-0.05, 0) is 19.8 Å². The molecule has 1 fully saturated rings. The lowest BCUT2D eigenvalue weighted by Gasteiger charge is -2.22. The van der Waals surface area contributed by atoms with Crippen LogP contribution in [0.2, 0.25) is 0 Å². The van der Waals surface area contributed by atoms with E-state index in [-0.39, 0.29) is 12.5 Å². The fourth-order valence-corrected chi connectivity index (χ4v) is 1.69. The Morgan fingerprint density at radius 1 is 1.32 bits per heavy atom. The third-order valence-electron chi connectivity index (χ3n) is 2.90. The molecule has 4 nitrogen and oxygen atoms in total. The summed E-state index contributed by atoms with van der Waals surface area (Å²) in [6.45, 7) is 1.51. The molecule has 1 aromatic rings. The number of halogens is 3. The first-order chi connectivity index (χ1) is 8.98. The molecular weight excluding hydrogens is 257 g/mol. The summed E-state index contributed by atoms with van der Waals surface area (Å²) in [5, 5.41) is 3.30. The predicted molar refractivity (Wildman–Crippen MR) is 65.8 cm³/mol. The molecule has 1 aliphatic carbocycles. The van der Waals surface area contributed by atoms with Crippen LogP contribution in [0, 0.1) is 0 Å². The molecular formula is C12H17F3N4. The molecule has 1 aliphatic rings. The van der Waals surface area contributed by atoms with Crippen LogP contribution < -0.4 is 10.2 Å². The monoisotopic (exact) mass is 274 g/mol. The normalized spacial score (nSPS) is 15.6. The Kier molecular flexibility index (Phi) is 4.24. The first-order valence-corrected chi connectivity index (χ1v) is 6.34. The predicted octanol–water partition coefficient (Wildman–Crippen LogP) is 2.12. The summed E-state index contributed by atoms with van der Waals surface area (Å²) in [6, 6.07) is 0.581. The standard InChI is InChI=1S/C12H17F3N4/c1-2-19(8-12(13,14)15)11-17-6-9(7-18-11)5-16-10-3-4-10/h6-7,10,16H,2-5,8H2,1H3. The zero-order valence-electron chi connectivity index (χ0n) is 10.7. The molecule has 0 aliphatic heterocycles.